The van der Waals surface area contributed by atoms with Crippen LogP contribution in [0.1, 0.15) is 11.1 Å². The summed E-state index contributed by atoms with van der Waals surface area (Å²) in [5.74, 6) is 0.788. The third-order valence-electron chi connectivity index (χ3n) is 3.11. The maximum absolute atomic E-state index is 6.20. The second kappa shape index (κ2) is 5.71. The number of hydrogen-bond donors (Lipinski definition) is 1. The van der Waals surface area contributed by atoms with Gasteiger partial charge < -0.3 is 10.1 Å². The van der Waals surface area contributed by atoms with Gasteiger partial charge in [0.1, 0.15) is 5.75 Å². The molecule has 0 aliphatic carbocycles. The molecule has 1 saturated heterocycles. The van der Waals surface area contributed by atoms with Gasteiger partial charge in [-0.15, -0.1) is 0 Å². The van der Waals surface area contributed by atoms with Crippen molar-refractivity contribution in [3.05, 3.63) is 28.3 Å². The zero-order valence-electron chi connectivity index (χ0n) is 10.4. The Balaban J connectivity index is 2.10. The van der Waals surface area contributed by atoms with Crippen LogP contribution in [0.5, 0.6) is 5.75 Å². The van der Waals surface area contributed by atoms with Crippen LogP contribution in [0.15, 0.2) is 12.1 Å². The van der Waals surface area contributed by atoms with Crippen LogP contribution in [-0.2, 0) is 6.54 Å². The summed E-state index contributed by atoms with van der Waals surface area (Å²) in [4.78, 5) is 2.44. The normalized spacial score (nSPS) is 17.1. The molecule has 1 heterocycles. The lowest BCUT2D eigenvalue weighted by Gasteiger charge is -2.27. The SMILES string of the molecule is COc1c(C)cc(CN2CCNCC2)cc1Cl. The molecule has 2 rings (SSSR count). The third kappa shape index (κ3) is 3.12. The Labute approximate surface area is 108 Å². The zero-order valence-corrected chi connectivity index (χ0v) is 11.2. The monoisotopic (exact) mass is 254 g/mol. The van der Waals surface area contributed by atoms with Crippen LogP contribution in [0.2, 0.25) is 5.02 Å². The van der Waals surface area contributed by atoms with E-state index in [9.17, 15) is 0 Å². The fraction of sp³-hybridized carbons (Fsp3) is 0.538. The van der Waals surface area contributed by atoms with Crippen molar-refractivity contribution in [1.29, 1.82) is 0 Å². The van der Waals surface area contributed by atoms with E-state index in [1.807, 2.05) is 13.0 Å². The number of piperazine rings is 1. The van der Waals surface area contributed by atoms with Crippen molar-refractivity contribution >= 4 is 11.6 Å². The Hall–Kier alpha value is -0.770. The Morgan fingerprint density at radius 2 is 2.06 bits per heavy atom. The number of halogens is 1. The van der Waals surface area contributed by atoms with Gasteiger partial charge in [-0.2, -0.15) is 0 Å². The van der Waals surface area contributed by atoms with E-state index in [1.54, 1.807) is 7.11 Å². The van der Waals surface area contributed by atoms with Gasteiger partial charge in [0.15, 0.2) is 0 Å². The average Bonchev–Trinajstić information content (AvgIpc) is 2.30. The van der Waals surface area contributed by atoms with Gasteiger partial charge in [0.05, 0.1) is 12.1 Å². The Bertz CT molecular complexity index is 366. The summed E-state index contributed by atoms with van der Waals surface area (Å²) in [5.41, 5.74) is 2.36. The van der Waals surface area contributed by atoms with Crippen LogP contribution < -0.4 is 10.1 Å². The second-order valence-corrected chi connectivity index (χ2v) is 4.86. The number of nitrogens with zero attached hydrogens (tertiary/aromatic N) is 1. The van der Waals surface area contributed by atoms with Gasteiger partial charge in [0.25, 0.3) is 0 Å². The van der Waals surface area contributed by atoms with E-state index in [1.165, 1.54) is 5.56 Å². The van der Waals surface area contributed by atoms with Crippen LogP contribution in [-0.4, -0.2) is 38.2 Å². The lowest BCUT2D eigenvalue weighted by Crippen LogP contribution is -2.42. The molecule has 0 saturated carbocycles. The first-order valence-electron chi connectivity index (χ1n) is 5.97. The minimum atomic E-state index is 0.706. The van der Waals surface area contributed by atoms with Crippen LogP contribution in [0.3, 0.4) is 0 Å². The van der Waals surface area contributed by atoms with Crippen molar-refractivity contribution in [3.8, 4) is 5.75 Å². The summed E-state index contributed by atoms with van der Waals surface area (Å²) < 4.78 is 5.27. The van der Waals surface area contributed by atoms with Crippen LogP contribution in [0.4, 0.5) is 0 Å². The molecule has 0 amide bonds. The van der Waals surface area contributed by atoms with Crippen molar-refractivity contribution in [2.24, 2.45) is 0 Å². The molecule has 1 N–H and O–H groups in total. The average molecular weight is 255 g/mol. The summed E-state index contributed by atoms with van der Waals surface area (Å²) in [5, 5.41) is 4.06. The predicted molar refractivity (Wildman–Crippen MR) is 70.9 cm³/mol. The van der Waals surface area contributed by atoms with E-state index in [-0.39, 0.29) is 0 Å². The Morgan fingerprint density at radius 3 is 2.65 bits per heavy atom. The van der Waals surface area contributed by atoms with Gasteiger partial charge >= 0.3 is 0 Å². The summed E-state index contributed by atoms with van der Waals surface area (Å²) in [7, 11) is 1.66. The molecule has 0 spiro atoms. The van der Waals surface area contributed by atoms with Gasteiger partial charge in [-0.05, 0) is 24.1 Å². The molecule has 1 aromatic rings. The minimum Gasteiger partial charge on any atom is -0.495 e. The van der Waals surface area contributed by atoms with Crippen LogP contribution in [0.25, 0.3) is 0 Å². The quantitative estimate of drug-likeness (QED) is 0.894. The molecule has 17 heavy (non-hydrogen) atoms. The predicted octanol–water partition coefficient (Wildman–Crippen LogP) is 2.06. The standard InChI is InChI=1S/C13H19ClN2O/c1-10-7-11(8-12(14)13(10)17-2)9-16-5-3-15-4-6-16/h7-8,15H,3-6,9H2,1-2H3. The summed E-state index contributed by atoms with van der Waals surface area (Å²) in [6.45, 7) is 7.34. The highest BCUT2D eigenvalue weighted by atomic mass is 35.5. The van der Waals surface area contributed by atoms with Gasteiger partial charge in [0.2, 0.25) is 0 Å². The molecule has 1 aliphatic heterocycles. The molecular weight excluding hydrogens is 236 g/mol. The lowest BCUT2D eigenvalue weighted by atomic mass is 10.1. The van der Waals surface area contributed by atoms with Crippen molar-refractivity contribution < 1.29 is 4.74 Å². The fourth-order valence-electron chi connectivity index (χ4n) is 2.28. The fourth-order valence-corrected chi connectivity index (χ4v) is 2.65. The largest absolute Gasteiger partial charge is 0.495 e. The maximum atomic E-state index is 6.20. The Kier molecular flexibility index (Phi) is 4.26. The molecule has 4 heteroatoms. The Morgan fingerprint density at radius 1 is 1.35 bits per heavy atom. The highest BCUT2D eigenvalue weighted by Gasteiger charge is 2.12. The minimum absolute atomic E-state index is 0.706. The molecule has 0 radical (unpaired) electrons. The third-order valence-corrected chi connectivity index (χ3v) is 3.39. The number of nitrogens with one attached hydrogen (secondary N) is 1. The summed E-state index contributed by atoms with van der Waals surface area (Å²) >= 11 is 6.20. The van der Waals surface area contributed by atoms with E-state index in [0.29, 0.717) is 5.02 Å². The maximum Gasteiger partial charge on any atom is 0.140 e. The number of ether oxygens (including phenoxy) is 1. The molecule has 1 aromatic carbocycles. The second-order valence-electron chi connectivity index (χ2n) is 4.45. The summed E-state index contributed by atoms with van der Waals surface area (Å²) in [6, 6.07) is 4.17. The van der Waals surface area contributed by atoms with Gasteiger partial charge in [-0.1, -0.05) is 17.7 Å². The smallest absolute Gasteiger partial charge is 0.140 e. The molecule has 0 bridgehead atoms. The van der Waals surface area contributed by atoms with E-state index < -0.39 is 0 Å². The molecule has 0 unspecified atom stereocenters. The van der Waals surface area contributed by atoms with Crippen LogP contribution in [0, 0.1) is 6.92 Å². The van der Waals surface area contributed by atoms with E-state index in [2.05, 4.69) is 16.3 Å². The van der Waals surface area contributed by atoms with Crippen molar-refractivity contribution in [2.45, 2.75) is 13.5 Å². The van der Waals surface area contributed by atoms with Crippen molar-refractivity contribution in [2.75, 3.05) is 33.3 Å². The molecule has 0 aromatic heterocycles. The molecule has 1 fully saturated rings. The molecule has 1 aliphatic rings. The van der Waals surface area contributed by atoms with E-state index in [0.717, 1.165) is 44.0 Å². The number of benzene rings is 1. The van der Waals surface area contributed by atoms with Gasteiger partial charge in [-0.3, -0.25) is 4.90 Å². The molecule has 3 nitrogen and oxygen atoms in total. The van der Waals surface area contributed by atoms with E-state index in [4.69, 9.17) is 16.3 Å². The van der Waals surface area contributed by atoms with E-state index >= 15 is 0 Å². The van der Waals surface area contributed by atoms with Crippen molar-refractivity contribution in [1.82, 2.24) is 10.2 Å². The lowest BCUT2D eigenvalue weighted by molar-refractivity contribution is 0.233. The highest BCUT2D eigenvalue weighted by Crippen LogP contribution is 2.29. The van der Waals surface area contributed by atoms with Crippen molar-refractivity contribution in [3.63, 3.8) is 0 Å². The van der Waals surface area contributed by atoms with Gasteiger partial charge in [0, 0.05) is 32.7 Å². The first kappa shape index (κ1) is 12.7. The number of aryl methyl sites for hydroxylation is 1. The molecular formula is C13H19ClN2O. The zero-order chi connectivity index (χ0) is 12.3. The first-order chi connectivity index (χ1) is 8.20. The van der Waals surface area contributed by atoms with Crippen LogP contribution >= 0.6 is 11.6 Å². The number of hydrogen-bond acceptors (Lipinski definition) is 3. The topological polar surface area (TPSA) is 24.5 Å². The molecule has 0 atom stereocenters. The van der Waals surface area contributed by atoms with Gasteiger partial charge in [-0.25, -0.2) is 0 Å². The molecule has 94 valence electrons. The number of methoxy groups -OCH3 is 1. The number of rotatable bonds is 3. The first-order valence-corrected chi connectivity index (χ1v) is 6.34. The highest BCUT2D eigenvalue weighted by molar-refractivity contribution is 6.32. The summed E-state index contributed by atoms with van der Waals surface area (Å²) in [6.07, 6.45) is 0.